The van der Waals surface area contributed by atoms with E-state index in [0.29, 0.717) is 0 Å². The first kappa shape index (κ1) is 14.5. The van der Waals surface area contributed by atoms with Gasteiger partial charge in [-0.2, -0.15) is 4.98 Å². The lowest BCUT2D eigenvalue weighted by Gasteiger charge is -2.09. The molecule has 9 heteroatoms. The molecule has 1 aliphatic rings. The fourth-order valence-corrected chi connectivity index (χ4v) is 1.26. The Balaban J connectivity index is 0.000000184. The molecule has 9 nitrogen and oxygen atoms in total. The van der Waals surface area contributed by atoms with Crippen LogP contribution < -0.4 is 11.4 Å². The van der Waals surface area contributed by atoms with Gasteiger partial charge in [0.25, 0.3) is 0 Å². The van der Waals surface area contributed by atoms with E-state index in [4.69, 9.17) is 26.2 Å². The molecule has 18 heavy (non-hydrogen) atoms. The summed E-state index contributed by atoms with van der Waals surface area (Å²) in [5.74, 6) is 0.244. The summed E-state index contributed by atoms with van der Waals surface area (Å²) in [4.78, 5) is 15.9. The first-order valence-corrected chi connectivity index (χ1v) is 5.07. The van der Waals surface area contributed by atoms with Crippen LogP contribution in [0.3, 0.4) is 0 Å². The Hall–Kier alpha value is -1.52. The summed E-state index contributed by atoms with van der Waals surface area (Å²) in [7, 11) is 0. The lowest BCUT2D eigenvalue weighted by Crippen LogP contribution is -2.33. The summed E-state index contributed by atoms with van der Waals surface area (Å²) < 4.78 is 4.54. The highest BCUT2D eigenvalue weighted by molar-refractivity contribution is 5.22. The Bertz CT molecular complexity index is 425. The van der Waals surface area contributed by atoms with E-state index in [1.807, 2.05) is 0 Å². The predicted octanol–water partition coefficient (Wildman–Crippen LogP) is -3.23. The number of ether oxygens (including phenoxy) is 1. The van der Waals surface area contributed by atoms with Gasteiger partial charge in [0.15, 0.2) is 6.29 Å². The Kier molecular flexibility index (Phi) is 5.19. The first-order chi connectivity index (χ1) is 8.45. The van der Waals surface area contributed by atoms with Crippen LogP contribution in [0, 0.1) is 0 Å². The van der Waals surface area contributed by atoms with Gasteiger partial charge in [-0.05, 0) is 6.07 Å². The molecule has 7 N–H and O–H groups in total. The Morgan fingerprint density at radius 2 is 2.06 bits per heavy atom. The number of H-pyrrole nitrogens is 1. The fraction of sp³-hybridized carbons (Fsp3) is 0.556. The van der Waals surface area contributed by atoms with Crippen molar-refractivity contribution in [3.8, 4) is 0 Å². The normalized spacial score (nSPS) is 30.7. The van der Waals surface area contributed by atoms with Crippen molar-refractivity contribution in [3.63, 3.8) is 0 Å². The van der Waals surface area contributed by atoms with E-state index in [2.05, 4.69) is 14.7 Å². The van der Waals surface area contributed by atoms with Crippen molar-refractivity contribution in [1.29, 1.82) is 0 Å². The van der Waals surface area contributed by atoms with Crippen molar-refractivity contribution in [2.24, 2.45) is 0 Å². The van der Waals surface area contributed by atoms with Gasteiger partial charge >= 0.3 is 5.69 Å². The zero-order valence-electron chi connectivity index (χ0n) is 9.30. The van der Waals surface area contributed by atoms with E-state index in [-0.39, 0.29) is 5.82 Å². The topological polar surface area (TPSA) is 162 Å². The van der Waals surface area contributed by atoms with E-state index < -0.39 is 36.9 Å². The van der Waals surface area contributed by atoms with Crippen molar-refractivity contribution in [1.82, 2.24) is 9.97 Å². The van der Waals surface area contributed by atoms with E-state index in [9.17, 15) is 4.79 Å². The van der Waals surface area contributed by atoms with Crippen LogP contribution in [0.2, 0.25) is 0 Å². The Morgan fingerprint density at radius 3 is 2.33 bits per heavy atom. The summed E-state index contributed by atoms with van der Waals surface area (Å²) in [5.41, 5.74) is 4.72. The molecule has 0 bridgehead atoms. The quantitative estimate of drug-likeness (QED) is 0.307. The third-order valence-electron chi connectivity index (χ3n) is 2.21. The highest BCUT2D eigenvalue weighted by Gasteiger charge is 2.41. The molecule has 0 aliphatic carbocycles. The molecule has 0 radical (unpaired) electrons. The van der Waals surface area contributed by atoms with Crippen LogP contribution in [0.25, 0.3) is 0 Å². The number of aliphatic hydroxyl groups is 4. The minimum Gasteiger partial charge on any atom is -0.394 e. The monoisotopic (exact) mass is 261 g/mol. The van der Waals surface area contributed by atoms with Crippen molar-refractivity contribution >= 4 is 5.82 Å². The Labute approximate surface area is 101 Å². The summed E-state index contributed by atoms with van der Waals surface area (Å²) in [5, 5.41) is 35.0. The molecule has 1 aromatic heterocycles. The number of rotatable bonds is 1. The van der Waals surface area contributed by atoms with E-state index >= 15 is 0 Å². The molecule has 4 atom stereocenters. The second kappa shape index (κ2) is 6.42. The largest absolute Gasteiger partial charge is 0.394 e. The van der Waals surface area contributed by atoms with Gasteiger partial charge in [-0.25, -0.2) is 4.79 Å². The molecule has 0 unspecified atom stereocenters. The van der Waals surface area contributed by atoms with Crippen LogP contribution in [0.15, 0.2) is 17.1 Å². The molecule has 1 saturated heterocycles. The lowest BCUT2D eigenvalue weighted by molar-refractivity contribution is -0.132. The third-order valence-corrected chi connectivity index (χ3v) is 2.21. The van der Waals surface area contributed by atoms with Crippen LogP contribution >= 0.6 is 0 Å². The van der Waals surface area contributed by atoms with Gasteiger partial charge in [-0.1, -0.05) is 0 Å². The summed E-state index contributed by atoms with van der Waals surface area (Å²) >= 11 is 0. The zero-order chi connectivity index (χ0) is 13.7. The summed E-state index contributed by atoms with van der Waals surface area (Å²) in [6, 6.07) is 1.52. The summed E-state index contributed by atoms with van der Waals surface area (Å²) in [6.45, 7) is -0.407. The molecule has 0 saturated carbocycles. The number of hydrogen-bond acceptors (Lipinski definition) is 8. The number of nitrogens with zero attached hydrogens (tertiary/aromatic N) is 1. The number of nitrogens with two attached hydrogens (primary N) is 1. The third kappa shape index (κ3) is 3.75. The van der Waals surface area contributed by atoms with Crippen molar-refractivity contribution in [2.45, 2.75) is 24.6 Å². The highest BCUT2D eigenvalue weighted by atomic mass is 16.6. The number of aliphatic hydroxyl groups excluding tert-OH is 4. The van der Waals surface area contributed by atoms with Crippen molar-refractivity contribution in [3.05, 3.63) is 22.7 Å². The summed E-state index contributed by atoms with van der Waals surface area (Å²) in [6.07, 6.45) is -3.31. The predicted molar refractivity (Wildman–Crippen MR) is 59.2 cm³/mol. The first-order valence-electron chi connectivity index (χ1n) is 5.07. The molecule has 102 valence electrons. The average Bonchev–Trinajstić information content (AvgIpc) is 2.57. The van der Waals surface area contributed by atoms with Gasteiger partial charge in [0.2, 0.25) is 0 Å². The van der Waals surface area contributed by atoms with Gasteiger partial charge < -0.3 is 35.9 Å². The van der Waals surface area contributed by atoms with E-state index in [0.717, 1.165) is 0 Å². The molecule has 1 fully saturated rings. The molecule has 2 rings (SSSR count). The van der Waals surface area contributed by atoms with Gasteiger partial charge in [-0.15, -0.1) is 0 Å². The van der Waals surface area contributed by atoms with Crippen molar-refractivity contribution in [2.75, 3.05) is 12.3 Å². The highest BCUT2D eigenvalue weighted by Crippen LogP contribution is 2.18. The number of aromatic nitrogens is 2. The lowest BCUT2D eigenvalue weighted by atomic mass is 10.1. The van der Waals surface area contributed by atoms with Gasteiger partial charge in [0.05, 0.1) is 6.61 Å². The van der Waals surface area contributed by atoms with E-state index in [1.54, 1.807) is 0 Å². The SMILES string of the molecule is Nc1cc[nH]c(=O)n1.OC[C@H]1O[C@@H](O)[C@@H](O)[C@@H]1O. The molecule has 1 aliphatic heterocycles. The second-order valence-corrected chi connectivity index (χ2v) is 3.55. The van der Waals surface area contributed by atoms with Crippen LogP contribution in [0.4, 0.5) is 5.82 Å². The molecule has 0 aromatic carbocycles. The maximum absolute atomic E-state index is 10.2. The maximum atomic E-state index is 10.2. The zero-order valence-corrected chi connectivity index (χ0v) is 9.30. The smallest absolute Gasteiger partial charge is 0.346 e. The number of anilines is 1. The standard InChI is InChI=1S/C5H10O5.C4H5N3O/c6-1-2-3(7)4(8)5(9)10-2;5-3-1-2-6-4(8)7-3/h2-9H,1H2;1-2H,(H3,5,6,7,8)/t2-,3-,4+,5-;/m1./s1. The number of nitrogen functional groups attached to an aromatic ring is 1. The fourth-order valence-electron chi connectivity index (χ4n) is 1.26. The second-order valence-electron chi connectivity index (χ2n) is 3.55. The molecular weight excluding hydrogens is 246 g/mol. The molecule has 2 heterocycles. The molecular formula is C9H15N3O6. The Morgan fingerprint density at radius 1 is 1.39 bits per heavy atom. The van der Waals surface area contributed by atoms with Crippen LogP contribution in [0.5, 0.6) is 0 Å². The van der Waals surface area contributed by atoms with E-state index in [1.165, 1.54) is 12.3 Å². The number of aromatic amines is 1. The minimum absolute atomic E-state index is 0.244. The minimum atomic E-state index is -1.38. The molecule has 0 amide bonds. The van der Waals surface area contributed by atoms with Crippen LogP contribution in [-0.4, -0.2) is 61.6 Å². The number of hydrogen-bond donors (Lipinski definition) is 6. The molecule has 1 aromatic rings. The van der Waals surface area contributed by atoms with Gasteiger partial charge in [0.1, 0.15) is 24.1 Å². The van der Waals surface area contributed by atoms with Crippen molar-refractivity contribution < 1.29 is 25.2 Å². The number of nitrogens with one attached hydrogen (secondary N) is 1. The van der Waals surface area contributed by atoms with Crippen LogP contribution in [-0.2, 0) is 4.74 Å². The molecule has 0 spiro atoms. The van der Waals surface area contributed by atoms with Gasteiger partial charge in [-0.3, -0.25) is 0 Å². The average molecular weight is 261 g/mol. The maximum Gasteiger partial charge on any atom is 0.346 e. The van der Waals surface area contributed by atoms with Gasteiger partial charge in [0, 0.05) is 6.20 Å². The van der Waals surface area contributed by atoms with Crippen LogP contribution in [0.1, 0.15) is 0 Å².